The number of aromatic nitrogens is 4. The largest absolute Gasteiger partial charge is 0.277 e. The highest BCUT2D eigenvalue weighted by Crippen LogP contribution is 2.36. The maximum absolute atomic E-state index is 11.9. The van der Waals surface area contributed by atoms with E-state index in [-0.39, 0.29) is 0 Å². The molecule has 0 aliphatic carbocycles. The van der Waals surface area contributed by atoms with Gasteiger partial charge in [0.1, 0.15) is 10.5 Å². The fourth-order valence-corrected chi connectivity index (χ4v) is 5.45. The van der Waals surface area contributed by atoms with Crippen LogP contribution in [0.3, 0.4) is 0 Å². The maximum Gasteiger partial charge on any atom is 0.184 e. The maximum atomic E-state index is 11.9. The molecule has 0 bridgehead atoms. The minimum atomic E-state index is -3.26. The number of nitrogens with one attached hydrogen (secondary N) is 1. The van der Waals surface area contributed by atoms with Crippen molar-refractivity contribution in [2.45, 2.75) is 11.1 Å². The molecule has 5 aromatic rings. The van der Waals surface area contributed by atoms with Crippen LogP contribution >= 0.6 is 11.3 Å². The van der Waals surface area contributed by atoms with E-state index in [0.29, 0.717) is 9.90 Å². The van der Waals surface area contributed by atoms with Gasteiger partial charge >= 0.3 is 0 Å². The summed E-state index contributed by atoms with van der Waals surface area (Å²) in [4.78, 5) is 9.64. The molecule has 0 atom stereocenters. The summed E-state index contributed by atoms with van der Waals surface area (Å²) in [6, 6.07) is 17.7. The van der Waals surface area contributed by atoms with Crippen molar-refractivity contribution in [1.82, 2.24) is 20.2 Å². The van der Waals surface area contributed by atoms with E-state index in [4.69, 9.17) is 0 Å². The zero-order chi connectivity index (χ0) is 21.6. The van der Waals surface area contributed by atoms with Crippen molar-refractivity contribution in [3.8, 4) is 33.0 Å². The van der Waals surface area contributed by atoms with Crippen LogP contribution in [0.15, 0.2) is 71.3 Å². The van der Waals surface area contributed by atoms with Crippen molar-refractivity contribution in [1.29, 1.82) is 0 Å². The summed E-state index contributed by atoms with van der Waals surface area (Å²) in [5, 5.41) is 8.24. The Balaban J connectivity index is 1.65. The minimum absolute atomic E-state index is 0.321. The summed E-state index contributed by atoms with van der Waals surface area (Å²) < 4.78 is 24.1. The lowest BCUT2D eigenvalue weighted by Gasteiger charge is -2.08. The lowest BCUT2D eigenvalue weighted by molar-refractivity contribution is 0.604. The van der Waals surface area contributed by atoms with Gasteiger partial charge in [-0.1, -0.05) is 35.9 Å². The van der Waals surface area contributed by atoms with Crippen LogP contribution in [0.25, 0.3) is 43.9 Å². The molecule has 1 N–H and O–H groups in total. The average molecular weight is 447 g/mol. The molecule has 0 aliphatic heterocycles. The van der Waals surface area contributed by atoms with Crippen LogP contribution in [0.2, 0.25) is 0 Å². The molecule has 0 aliphatic rings. The summed E-state index contributed by atoms with van der Waals surface area (Å²) in [6.45, 7) is 2.06. The number of thiophene rings is 1. The number of aromatic amines is 1. The van der Waals surface area contributed by atoms with Crippen LogP contribution in [-0.4, -0.2) is 34.8 Å². The van der Waals surface area contributed by atoms with Gasteiger partial charge in [-0.15, -0.1) is 11.3 Å². The highest BCUT2D eigenvalue weighted by atomic mass is 32.2. The molecular formula is C23H18N4O2S2. The molecule has 0 saturated carbocycles. The number of hydrogen-bond acceptors (Lipinski definition) is 6. The molecule has 0 saturated heterocycles. The Morgan fingerprint density at radius 1 is 0.935 bits per heavy atom. The monoisotopic (exact) mass is 446 g/mol. The molecule has 3 heterocycles. The molecule has 6 nitrogen and oxygen atoms in total. The molecule has 0 amide bonds. The number of benzene rings is 2. The third kappa shape index (κ3) is 3.64. The number of rotatable bonds is 4. The standard InChI is InChI=1S/C23H18N4O2S2/c1-14-3-5-15(6-4-14)22-18(12-26-27-22)16-7-8-19-17(11-16)23(25-13-24-19)20-9-10-21(30-20)31(2,28)29/h3-13H,1-2H3,(H,26,27). The number of nitrogens with zero attached hydrogens (tertiary/aromatic N) is 3. The third-order valence-corrected chi connectivity index (χ3v) is 8.02. The Labute approximate surface area is 183 Å². The lowest BCUT2D eigenvalue weighted by Crippen LogP contribution is -1.92. The van der Waals surface area contributed by atoms with Crippen molar-refractivity contribution < 1.29 is 8.42 Å². The molecule has 3 aromatic heterocycles. The predicted molar refractivity (Wildman–Crippen MR) is 124 cm³/mol. The number of aryl methyl sites for hydroxylation is 1. The second-order valence-corrected chi connectivity index (χ2v) is 10.7. The summed E-state index contributed by atoms with van der Waals surface area (Å²) in [5.74, 6) is 0. The smallest absolute Gasteiger partial charge is 0.184 e. The van der Waals surface area contributed by atoms with Crippen molar-refractivity contribution >= 4 is 32.1 Å². The van der Waals surface area contributed by atoms with Crippen molar-refractivity contribution in [2.75, 3.05) is 6.26 Å². The molecule has 0 unspecified atom stereocenters. The Morgan fingerprint density at radius 3 is 2.45 bits per heavy atom. The summed E-state index contributed by atoms with van der Waals surface area (Å²) >= 11 is 1.22. The molecule has 0 spiro atoms. The van der Waals surface area contributed by atoms with Gasteiger partial charge in [0.15, 0.2) is 9.84 Å². The third-order valence-electron chi connectivity index (χ3n) is 5.11. The fourth-order valence-electron chi connectivity index (χ4n) is 3.51. The summed E-state index contributed by atoms with van der Waals surface area (Å²) in [5.41, 5.74) is 6.65. The van der Waals surface area contributed by atoms with Crippen LogP contribution < -0.4 is 0 Å². The van der Waals surface area contributed by atoms with Gasteiger partial charge in [0.05, 0.1) is 28.0 Å². The van der Waals surface area contributed by atoms with E-state index in [1.807, 2.05) is 24.4 Å². The Bertz CT molecular complexity index is 1520. The number of hydrogen-bond donors (Lipinski definition) is 1. The molecule has 31 heavy (non-hydrogen) atoms. The van der Waals surface area contributed by atoms with Gasteiger partial charge in [-0.2, -0.15) is 5.10 Å². The SMILES string of the molecule is Cc1ccc(-c2[nH]ncc2-c2ccc3ncnc(-c4ccc(S(C)(=O)=O)s4)c3c2)cc1. The molecule has 2 aromatic carbocycles. The molecule has 154 valence electrons. The normalized spacial score (nSPS) is 11.8. The van der Waals surface area contributed by atoms with E-state index >= 15 is 0 Å². The van der Waals surface area contributed by atoms with Crippen molar-refractivity contribution in [3.63, 3.8) is 0 Å². The molecule has 0 radical (unpaired) electrons. The van der Waals surface area contributed by atoms with Crippen LogP contribution in [0.1, 0.15) is 5.56 Å². The Kier molecular flexibility index (Phi) is 4.68. The number of fused-ring (bicyclic) bond motifs is 1. The first-order valence-electron chi connectivity index (χ1n) is 9.56. The summed E-state index contributed by atoms with van der Waals surface area (Å²) in [6.07, 6.45) is 4.53. The van der Waals surface area contributed by atoms with Gasteiger partial charge in [0.2, 0.25) is 0 Å². The van der Waals surface area contributed by atoms with Crippen LogP contribution in [0.5, 0.6) is 0 Å². The first kappa shape index (κ1) is 19.6. The van der Waals surface area contributed by atoms with E-state index in [2.05, 4.69) is 51.4 Å². The van der Waals surface area contributed by atoms with Gasteiger partial charge in [-0.05, 0) is 36.8 Å². The topological polar surface area (TPSA) is 88.6 Å². The van der Waals surface area contributed by atoms with Crippen molar-refractivity contribution in [2.24, 2.45) is 0 Å². The predicted octanol–water partition coefficient (Wildman–Crippen LogP) is 5.13. The molecular weight excluding hydrogens is 428 g/mol. The van der Waals surface area contributed by atoms with Crippen molar-refractivity contribution in [3.05, 3.63) is 72.7 Å². The minimum Gasteiger partial charge on any atom is -0.277 e. The highest BCUT2D eigenvalue weighted by Gasteiger charge is 2.16. The highest BCUT2D eigenvalue weighted by molar-refractivity contribution is 7.92. The van der Waals surface area contributed by atoms with E-state index in [1.165, 1.54) is 29.5 Å². The van der Waals surface area contributed by atoms with Gasteiger partial charge < -0.3 is 0 Å². The first-order valence-corrected chi connectivity index (χ1v) is 12.3. The summed E-state index contributed by atoms with van der Waals surface area (Å²) in [7, 11) is -3.26. The van der Waals surface area contributed by atoms with Crippen LogP contribution in [-0.2, 0) is 9.84 Å². The molecule has 5 rings (SSSR count). The van der Waals surface area contributed by atoms with Crippen LogP contribution in [0.4, 0.5) is 0 Å². The zero-order valence-corrected chi connectivity index (χ0v) is 18.5. The van der Waals surface area contributed by atoms with Gasteiger partial charge in [0, 0.05) is 22.8 Å². The van der Waals surface area contributed by atoms with Gasteiger partial charge in [-0.3, -0.25) is 5.10 Å². The second-order valence-electron chi connectivity index (χ2n) is 7.37. The second kappa shape index (κ2) is 7.40. The van der Waals surface area contributed by atoms with Gasteiger partial charge in [0.25, 0.3) is 0 Å². The van der Waals surface area contributed by atoms with E-state index in [9.17, 15) is 8.42 Å². The lowest BCUT2D eigenvalue weighted by atomic mass is 9.99. The quantitative estimate of drug-likeness (QED) is 0.414. The van der Waals surface area contributed by atoms with E-state index in [0.717, 1.165) is 38.2 Å². The Hall–Kier alpha value is -3.36. The molecule has 0 fully saturated rings. The van der Waals surface area contributed by atoms with E-state index in [1.54, 1.807) is 12.1 Å². The fraction of sp³-hybridized carbons (Fsp3) is 0.0870. The number of sulfone groups is 1. The van der Waals surface area contributed by atoms with Gasteiger partial charge in [-0.25, -0.2) is 18.4 Å². The number of H-pyrrole nitrogens is 1. The van der Waals surface area contributed by atoms with Crippen LogP contribution in [0, 0.1) is 6.92 Å². The first-order chi connectivity index (χ1) is 14.9. The Morgan fingerprint density at radius 2 is 1.71 bits per heavy atom. The average Bonchev–Trinajstić information content (AvgIpc) is 3.43. The zero-order valence-electron chi connectivity index (χ0n) is 16.8. The molecule has 8 heteroatoms. The van der Waals surface area contributed by atoms with E-state index < -0.39 is 9.84 Å².